The molecule has 2 atom stereocenters. The van der Waals surface area contributed by atoms with Crippen molar-refractivity contribution in [1.82, 2.24) is 15.4 Å². The van der Waals surface area contributed by atoms with Crippen molar-refractivity contribution in [3.8, 4) is 5.88 Å². The molecule has 1 aliphatic carbocycles. The van der Waals surface area contributed by atoms with E-state index in [1.807, 2.05) is 0 Å². The maximum absolute atomic E-state index is 13.7. The van der Waals surface area contributed by atoms with Crippen LogP contribution < -0.4 is 15.6 Å². The van der Waals surface area contributed by atoms with Crippen LogP contribution in [0.15, 0.2) is 36.5 Å². The van der Waals surface area contributed by atoms with Crippen molar-refractivity contribution in [3.63, 3.8) is 0 Å². The lowest BCUT2D eigenvalue weighted by Gasteiger charge is -2.07. The molecular formula is C15H15FN4O2. The zero-order chi connectivity index (χ0) is 15.5. The van der Waals surface area contributed by atoms with E-state index in [-0.39, 0.29) is 29.5 Å². The van der Waals surface area contributed by atoms with E-state index in [0.29, 0.717) is 17.9 Å². The molecule has 114 valence electrons. The van der Waals surface area contributed by atoms with Crippen LogP contribution in [-0.2, 0) is 4.79 Å². The van der Waals surface area contributed by atoms with Gasteiger partial charge in [-0.25, -0.2) is 9.37 Å². The van der Waals surface area contributed by atoms with Crippen LogP contribution in [0.3, 0.4) is 0 Å². The number of nitrogens with one attached hydrogen (secondary N) is 2. The summed E-state index contributed by atoms with van der Waals surface area (Å²) in [6, 6.07) is 8.13. The molecule has 0 spiro atoms. The third kappa shape index (κ3) is 2.98. The van der Waals surface area contributed by atoms with Crippen LogP contribution in [0.5, 0.6) is 5.88 Å². The lowest BCUT2D eigenvalue weighted by Crippen LogP contribution is -2.32. The molecule has 0 unspecified atom stereocenters. The largest absolute Gasteiger partial charge is 0.481 e. The average Bonchev–Trinajstić information content (AvgIpc) is 3.34. The van der Waals surface area contributed by atoms with Crippen LogP contribution in [0.4, 0.5) is 10.3 Å². The fraction of sp³-hybridized carbons (Fsp3) is 0.267. The van der Waals surface area contributed by atoms with Gasteiger partial charge in [-0.15, -0.1) is 0 Å². The Balaban J connectivity index is 1.57. The number of hydrazine groups is 1. The number of benzene rings is 1. The van der Waals surface area contributed by atoms with E-state index in [1.165, 1.54) is 19.4 Å². The minimum Gasteiger partial charge on any atom is -0.481 e. The summed E-state index contributed by atoms with van der Waals surface area (Å²) >= 11 is 0. The van der Waals surface area contributed by atoms with Gasteiger partial charge in [0.2, 0.25) is 17.7 Å². The van der Waals surface area contributed by atoms with Crippen LogP contribution in [-0.4, -0.2) is 23.0 Å². The molecule has 0 saturated heterocycles. The molecule has 0 radical (unpaired) electrons. The summed E-state index contributed by atoms with van der Waals surface area (Å²) in [5, 5.41) is 0. The van der Waals surface area contributed by atoms with Gasteiger partial charge in [0, 0.05) is 18.2 Å². The second-order valence-electron chi connectivity index (χ2n) is 5.01. The van der Waals surface area contributed by atoms with E-state index in [0.717, 1.165) is 0 Å². The van der Waals surface area contributed by atoms with Gasteiger partial charge in [0.25, 0.3) is 0 Å². The number of rotatable bonds is 5. The molecule has 0 aliphatic heterocycles. The lowest BCUT2D eigenvalue weighted by atomic mass is 10.1. The summed E-state index contributed by atoms with van der Waals surface area (Å²) in [4.78, 5) is 20.0. The highest BCUT2D eigenvalue weighted by Crippen LogP contribution is 2.48. The SMILES string of the molecule is COc1ccnc(NNC(=O)[C@@H]2C[C@H]2c2ccccc2F)n1. The normalized spacial score (nSPS) is 19.4. The number of methoxy groups -OCH3 is 1. The molecule has 1 aliphatic rings. The first-order valence-electron chi connectivity index (χ1n) is 6.86. The van der Waals surface area contributed by atoms with E-state index in [2.05, 4.69) is 20.8 Å². The Kier molecular flexibility index (Phi) is 3.86. The summed E-state index contributed by atoms with van der Waals surface area (Å²) in [5.74, 6) is -0.172. The molecule has 2 aromatic rings. The van der Waals surface area contributed by atoms with Gasteiger partial charge in [0.1, 0.15) is 5.82 Å². The van der Waals surface area contributed by atoms with Crippen molar-refractivity contribution in [2.75, 3.05) is 12.5 Å². The van der Waals surface area contributed by atoms with E-state index in [1.54, 1.807) is 24.3 Å². The molecule has 7 heteroatoms. The van der Waals surface area contributed by atoms with E-state index < -0.39 is 0 Å². The lowest BCUT2D eigenvalue weighted by molar-refractivity contribution is -0.121. The number of ether oxygens (including phenoxy) is 1. The molecular weight excluding hydrogens is 287 g/mol. The number of hydrogen-bond acceptors (Lipinski definition) is 5. The van der Waals surface area contributed by atoms with Gasteiger partial charge in [-0.3, -0.25) is 15.6 Å². The molecule has 22 heavy (non-hydrogen) atoms. The summed E-state index contributed by atoms with van der Waals surface area (Å²) in [6.07, 6.45) is 2.15. The van der Waals surface area contributed by atoms with Crippen LogP contribution in [0.25, 0.3) is 0 Å². The highest BCUT2D eigenvalue weighted by Gasteiger charge is 2.45. The van der Waals surface area contributed by atoms with Crippen molar-refractivity contribution in [1.29, 1.82) is 0 Å². The topological polar surface area (TPSA) is 76.1 Å². The Bertz CT molecular complexity index is 695. The third-order valence-electron chi connectivity index (χ3n) is 3.57. The summed E-state index contributed by atoms with van der Waals surface area (Å²) in [5.41, 5.74) is 5.75. The third-order valence-corrected chi connectivity index (χ3v) is 3.57. The smallest absolute Gasteiger partial charge is 0.245 e. The van der Waals surface area contributed by atoms with Gasteiger partial charge in [-0.1, -0.05) is 18.2 Å². The van der Waals surface area contributed by atoms with Gasteiger partial charge >= 0.3 is 0 Å². The number of halogens is 1. The molecule has 1 amide bonds. The van der Waals surface area contributed by atoms with Gasteiger partial charge in [-0.05, 0) is 24.0 Å². The predicted octanol–water partition coefficient (Wildman–Crippen LogP) is 1.87. The Labute approximate surface area is 126 Å². The zero-order valence-corrected chi connectivity index (χ0v) is 11.9. The van der Waals surface area contributed by atoms with Crippen LogP contribution in [0, 0.1) is 11.7 Å². The van der Waals surface area contributed by atoms with Crippen molar-refractivity contribution < 1.29 is 13.9 Å². The molecule has 1 fully saturated rings. The maximum Gasteiger partial charge on any atom is 0.245 e. The Morgan fingerprint density at radius 3 is 2.95 bits per heavy atom. The first-order chi connectivity index (χ1) is 10.7. The molecule has 1 aromatic heterocycles. The summed E-state index contributed by atoms with van der Waals surface area (Å²) in [7, 11) is 1.49. The van der Waals surface area contributed by atoms with E-state index in [4.69, 9.17) is 4.74 Å². The Hall–Kier alpha value is -2.70. The van der Waals surface area contributed by atoms with Crippen molar-refractivity contribution in [3.05, 3.63) is 47.9 Å². The number of carbonyl (C=O) groups excluding carboxylic acids is 1. The minimum absolute atomic E-state index is 0.0748. The molecule has 1 saturated carbocycles. The van der Waals surface area contributed by atoms with Gasteiger partial charge in [0.05, 0.1) is 7.11 Å². The number of amides is 1. The Morgan fingerprint density at radius 1 is 1.36 bits per heavy atom. The molecule has 2 N–H and O–H groups in total. The molecule has 1 heterocycles. The van der Waals surface area contributed by atoms with E-state index >= 15 is 0 Å². The fourth-order valence-electron chi connectivity index (χ4n) is 2.33. The minimum atomic E-state index is -0.271. The van der Waals surface area contributed by atoms with Crippen LogP contribution >= 0.6 is 0 Å². The van der Waals surface area contributed by atoms with E-state index in [9.17, 15) is 9.18 Å². The molecule has 3 rings (SSSR count). The molecule has 0 bridgehead atoms. The highest BCUT2D eigenvalue weighted by molar-refractivity contribution is 5.83. The predicted molar refractivity (Wildman–Crippen MR) is 77.6 cm³/mol. The number of carbonyl (C=O) groups is 1. The van der Waals surface area contributed by atoms with Crippen LogP contribution in [0.1, 0.15) is 17.9 Å². The highest BCUT2D eigenvalue weighted by atomic mass is 19.1. The Morgan fingerprint density at radius 2 is 2.18 bits per heavy atom. The average molecular weight is 302 g/mol. The number of aromatic nitrogens is 2. The van der Waals surface area contributed by atoms with Crippen molar-refractivity contribution in [2.24, 2.45) is 5.92 Å². The first kappa shape index (κ1) is 14.2. The quantitative estimate of drug-likeness (QED) is 0.825. The van der Waals surface area contributed by atoms with Crippen molar-refractivity contribution >= 4 is 11.9 Å². The van der Waals surface area contributed by atoms with Crippen LogP contribution in [0.2, 0.25) is 0 Å². The summed E-state index contributed by atoms with van der Waals surface area (Å²) in [6.45, 7) is 0. The van der Waals surface area contributed by atoms with Gasteiger partial charge < -0.3 is 4.74 Å². The van der Waals surface area contributed by atoms with Crippen molar-refractivity contribution in [2.45, 2.75) is 12.3 Å². The second kappa shape index (κ2) is 5.97. The maximum atomic E-state index is 13.7. The number of hydrogen-bond donors (Lipinski definition) is 2. The standard InChI is InChI=1S/C15H15FN4O2/c1-22-13-6-7-17-15(18-13)20-19-14(21)11-8-10(11)9-4-2-3-5-12(9)16/h2-7,10-11H,8H2,1H3,(H,19,21)(H,17,18,20)/t10-,11+/m0/s1. The fourth-order valence-corrected chi connectivity index (χ4v) is 2.33. The zero-order valence-electron chi connectivity index (χ0n) is 11.9. The van der Waals surface area contributed by atoms with Gasteiger partial charge in [0.15, 0.2) is 0 Å². The number of anilines is 1. The first-order valence-corrected chi connectivity index (χ1v) is 6.86. The molecule has 6 nitrogen and oxygen atoms in total. The second-order valence-corrected chi connectivity index (χ2v) is 5.01. The molecule has 1 aromatic carbocycles. The monoisotopic (exact) mass is 302 g/mol. The summed E-state index contributed by atoms with van der Waals surface area (Å²) < 4.78 is 18.6. The number of nitrogens with zero attached hydrogens (tertiary/aromatic N) is 2. The van der Waals surface area contributed by atoms with Gasteiger partial charge in [-0.2, -0.15) is 4.98 Å².